The largest absolute Gasteiger partial charge is 0.342 e. The van der Waals surface area contributed by atoms with E-state index in [1.807, 2.05) is 35.8 Å². The molecular formula is C23H25ClFN5O3S. The maximum atomic E-state index is 14.5. The predicted molar refractivity (Wildman–Crippen MR) is 132 cm³/mol. The van der Waals surface area contributed by atoms with Crippen molar-refractivity contribution in [1.82, 2.24) is 19.0 Å². The molecule has 0 aliphatic carbocycles. The van der Waals surface area contributed by atoms with E-state index in [1.54, 1.807) is 18.2 Å². The molecular weight excluding hydrogens is 481 g/mol. The van der Waals surface area contributed by atoms with Gasteiger partial charge in [0.1, 0.15) is 5.83 Å². The number of rotatable bonds is 7. The predicted octanol–water partition coefficient (Wildman–Crippen LogP) is 4.15. The fourth-order valence-corrected chi connectivity index (χ4v) is 4.80. The summed E-state index contributed by atoms with van der Waals surface area (Å²) in [5.41, 5.74) is 9.28. The van der Waals surface area contributed by atoms with E-state index in [9.17, 15) is 12.8 Å². The zero-order valence-corrected chi connectivity index (χ0v) is 20.5. The average Bonchev–Trinajstić information content (AvgIpc) is 3.41. The molecule has 2 aromatic carbocycles. The van der Waals surface area contributed by atoms with Crippen molar-refractivity contribution in [3.05, 3.63) is 66.5 Å². The molecule has 0 saturated heterocycles. The molecule has 0 aliphatic rings. The zero-order chi connectivity index (χ0) is 23.8. The van der Waals surface area contributed by atoms with Gasteiger partial charge in [-0.1, -0.05) is 17.3 Å². The molecule has 2 aromatic heterocycles. The summed E-state index contributed by atoms with van der Waals surface area (Å²) in [5, 5.41) is 4.72. The van der Waals surface area contributed by atoms with Crippen LogP contribution in [-0.4, -0.2) is 48.1 Å². The molecule has 8 nitrogen and oxygen atoms in total. The minimum absolute atomic E-state index is 0. The molecule has 0 fully saturated rings. The molecule has 4 aromatic rings. The number of nitrogens with two attached hydrogens (primary N) is 1. The molecule has 2 N–H and O–H groups in total. The number of benzene rings is 2. The number of aromatic nitrogens is 3. The van der Waals surface area contributed by atoms with Crippen molar-refractivity contribution in [2.24, 2.45) is 5.73 Å². The Labute approximate surface area is 203 Å². The van der Waals surface area contributed by atoms with Gasteiger partial charge in [0.2, 0.25) is 22.2 Å². The first-order valence-electron chi connectivity index (χ1n) is 10.2. The number of hydrogen-bond donors (Lipinski definition) is 1. The van der Waals surface area contributed by atoms with Gasteiger partial charge in [0.25, 0.3) is 0 Å². The van der Waals surface area contributed by atoms with Crippen LogP contribution < -0.4 is 5.73 Å². The van der Waals surface area contributed by atoms with Crippen molar-refractivity contribution in [2.45, 2.75) is 18.4 Å². The lowest BCUT2D eigenvalue weighted by molar-refractivity contribution is 0.419. The molecule has 4 rings (SSSR count). The smallest absolute Gasteiger partial charge is 0.242 e. The van der Waals surface area contributed by atoms with Gasteiger partial charge in [0, 0.05) is 48.4 Å². The fraction of sp³-hybridized carbons (Fsp3) is 0.217. The highest BCUT2D eigenvalue weighted by molar-refractivity contribution is 7.89. The lowest BCUT2D eigenvalue weighted by Crippen LogP contribution is -2.22. The van der Waals surface area contributed by atoms with E-state index >= 15 is 0 Å². The second-order valence-electron chi connectivity index (χ2n) is 7.74. The normalized spacial score (nSPS) is 12.4. The zero-order valence-electron chi connectivity index (χ0n) is 18.9. The summed E-state index contributed by atoms with van der Waals surface area (Å²) in [6.07, 6.45) is 2.59. The topological polar surface area (TPSA) is 107 Å². The molecule has 0 aliphatic heterocycles. The average molecular weight is 506 g/mol. The number of nitrogens with zero attached hydrogens (tertiary/aromatic N) is 4. The molecule has 34 heavy (non-hydrogen) atoms. The third-order valence-corrected chi connectivity index (χ3v) is 7.30. The van der Waals surface area contributed by atoms with Crippen LogP contribution in [0.4, 0.5) is 4.39 Å². The van der Waals surface area contributed by atoms with Gasteiger partial charge >= 0.3 is 0 Å². The second kappa shape index (κ2) is 10.1. The number of fused-ring (bicyclic) bond motifs is 1. The Kier molecular flexibility index (Phi) is 7.57. The summed E-state index contributed by atoms with van der Waals surface area (Å²) in [4.78, 5) is 4.29. The third-order valence-electron chi connectivity index (χ3n) is 5.49. The molecule has 180 valence electrons. The van der Waals surface area contributed by atoms with E-state index in [2.05, 4.69) is 10.1 Å². The molecule has 0 amide bonds. The molecule has 11 heteroatoms. The van der Waals surface area contributed by atoms with Gasteiger partial charge in [0.15, 0.2) is 0 Å². The van der Waals surface area contributed by atoms with E-state index in [-0.39, 0.29) is 36.2 Å². The van der Waals surface area contributed by atoms with Crippen molar-refractivity contribution in [1.29, 1.82) is 0 Å². The Morgan fingerprint density at radius 3 is 2.62 bits per heavy atom. The number of halogens is 2. The van der Waals surface area contributed by atoms with Crippen LogP contribution in [0.15, 0.2) is 70.2 Å². The molecule has 2 heterocycles. The van der Waals surface area contributed by atoms with Crippen molar-refractivity contribution in [3.8, 4) is 22.5 Å². The third kappa shape index (κ3) is 4.62. The molecule has 0 bridgehead atoms. The Hall–Kier alpha value is -3.05. The van der Waals surface area contributed by atoms with Crippen LogP contribution in [0.1, 0.15) is 5.69 Å². The van der Waals surface area contributed by atoms with Gasteiger partial charge in [-0.2, -0.15) is 4.98 Å². The number of allylic oxidation sites excluding steroid dienone is 1. The van der Waals surface area contributed by atoms with Crippen LogP contribution in [0.25, 0.3) is 33.4 Å². The SMILES string of the molecule is Cc1c(-c2cccc(S(=O)(=O)N(C)C)c2)c2cc(-c3ncon3)ccc2n1CC(F)=CCN.Cl. The quantitative estimate of drug-likeness (QED) is 0.404. The number of sulfonamides is 1. The van der Waals surface area contributed by atoms with Gasteiger partial charge in [-0.15, -0.1) is 12.4 Å². The summed E-state index contributed by atoms with van der Waals surface area (Å²) in [7, 11) is -0.648. The van der Waals surface area contributed by atoms with Crippen molar-refractivity contribution < 1.29 is 17.3 Å². The minimum Gasteiger partial charge on any atom is -0.342 e. The fourth-order valence-electron chi connectivity index (χ4n) is 3.85. The van der Waals surface area contributed by atoms with Crippen LogP contribution in [0.5, 0.6) is 0 Å². The molecule has 0 atom stereocenters. The summed E-state index contributed by atoms with van der Waals surface area (Å²) in [6, 6.07) is 12.3. The van der Waals surface area contributed by atoms with E-state index < -0.39 is 10.0 Å². The van der Waals surface area contributed by atoms with Crippen molar-refractivity contribution >= 4 is 33.3 Å². The molecule has 0 saturated carbocycles. The van der Waals surface area contributed by atoms with Crippen molar-refractivity contribution in [2.75, 3.05) is 20.6 Å². The minimum atomic E-state index is -3.63. The Bertz CT molecular complexity index is 1450. The summed E-state index contributed by atoms with van der Waals surface area (Å²) in [5.74, 6) is 0.0710. The van der Waals surface area contributed by atoms with Crippen LogP contribution in [-0.2, 0) is 16.6 Å². The van der Waals surface area contributed by atoms with Crippen LogP contribution in [0.3, 0.4) is 0 Å². The van der Waals surface area contributed by atoms with Crippen LogP contribution in [0, 0.1) is 6.92 Å². The second-order valence-corrected chi connectivity index (χ2v) is 9.89. The van der Waals surface area contributed by atoms with Crippen LogP contribution in [0.2, 0.25) is 0 Å². The Morgan fingerprint density at radius 2 is 1.97 bits per heavy atom. The summed E-state index contributed by atoms with van der Waals surface area (Å²) < 4.78 is 47.8. The van der Waals surface area contributed by atoms with E-state index in [0.29, 0.717) is 11.4 Å². The van der Waals surface area contributed by atoms with E-state index in [1.165, 1.54) is 30.9 Å². The highest BCUT2D eigenvalue weighted by atomic mass is 35.5. The van der Waals surface area contributed by atoms with Gasteiger partial charge < -0.3 is 14.8 Å². The van der Waals surface area contributed by atoms with Gasteiger partial charge in [0.05, 0.1) is 11.4 Å². The monoisotopic (exact) mass is 505 g/mol. The number of hydrogen-bond acceptors (Lipinski definition) is 6. The first-order valence-corrected chi connectivity index (χ1v) is 11.6. The van der Waals surface area contributed by atoms with Gasteiger partial charge in [-0.25, -0.2) is 17.1 Å². The maximum absolute atomic E-state index is 14.5. The van der Waals surface area contributed by atoms with E-state index in [4.69, 9.17) is 10.3 Å². The first kappa shape index (κ1) is 25.6. The summed E-state index contributed by atoms with van der Waals surface area (Å²) in [6.45, 7) is 1.99. The Balaban J connectivity index is 0.00000324. The van der Waals surface area contributed by atoms with Gasteiger partial charge in [-0.05, 0) is 48.9 Å². The first-order chi connectivity index (χ1) is 15.7. The molecule has 0 radical (unpaired) electrons. The Morgan fingerprint density at radius 1 is 1.21 bits per heavy atom. The highest BCUT2D eigenvalue weighted by Gasteiger charge is 2.21. The van der Waals surface area contributed by atoms with Crippen molar-refractivity contribution in [3.63, 3.8) is 0 Å². The summed E-state index contributed by atoms with van der Waals surface area (Å²) >= 11 is 0. The maximum Gasteiger partial charge on any atom is 0.242 e. The highest BCUT2D eigenvalue weighted by Crippen LogP contribution is 2.38. The standard InChI is InChI=1S/C23H24FN5O3S.ClH/c1-15-22(16-5-4-6-19(11-16)33(30,31)28(2)3)20-12-17(23-26-14-32-27-23)7-8-21(20)29(15)13-18(24)9-10-25;/h4-9,11-12,14H,10,13,25H2,1-3H3;1H. The lowest BCUT2D eigenvalue weighted by Gasteiger charge is -2.13. The van der Waals surface area contributed by atoms with E-state index in [0.717, 1.165) is 27.7 Å². The lowest BCUT2D eigenvalue weighted by atomic mass is 10.0. The van der Waals surface area contributed by atoms with Crippen LogP contribution >= 0.6 is 12.4 Å². The molecule has 0 spiro atoms. The van der Waals surface area contributed by atoms with Gasteiger partial charge in [-0.3, -0.25) is 0 Å². The molecule has 0 unspecified atom stereocenters.